The molecule has 0 unspecified atom stereocenters. The zero-order valence-electron chi connectivity index (χ0n) is 19.9. The van der Waals surface area contributed by atoms with E-state index in [1.54, 1.807) is 48.5 Å². The van der Waals surface area contributed by atoms with Crippen LogP contribution in [0.2, 0.25) is 0 Å². The summed E-state index contributed by atoms with van der Waals surface area (Å²) in [6.07, 6.45) is 5.30. The van der Waals surface area contributed by atoms with Crippen molar-refractivity contribution in [2.24, 2.45) is 0 Å². The third kappa shape index (κ3) is 6.30. The van der Waals surface area contributed by atoms with Crippen LogP contribution in [0, 0.1) is 6.92 Å². The Balaban J connectivity index is 1.54. The van der Waals surface area contributed by atoms with E-state index in [9.17, 15) is 9.59 Å². The molecule has 0 saturated carbocycles. The number of carbonyl (C=O) groups excluding carboxylic acids is 2. The quantitative estimate of drug-likeness (QED) is 0.498. The van der Waals surface area contributed by atoms with Crippen LogP contribution >= 0.6 is 0 Å². The second kappa shape index (κ2) is 10.9. The fraction of sp³-hybridized carbons (Fsp3) is 0.320. The number of nitrogens with one attached hydrogen (secondary N) is 1. The van der Waals surface area contributed by atoms with E-state index in [0.717, 1.165) is 25.2 Å². The first-order valence-corrected chi connectivity index (χ1v) is 11.2. The van der Waals surface area contributed by atoms with Gasteiger partial charge in [0, 0.05) is 31.8 Å². The Morgan fingerprint density at radius 3 is 2.46 bits per heavy atom. The summed E-state index contributed by atoms with van der Waals surface area (Å²) < 4.78 is 17.0. The van der Waals surface area contributed by atoms with Crippen LogP contribution in [0.15, 0.2) is 48.9 Å². The van der Waals surface area contributed by atoms with Gasteiger partial charge in [0.2, 0.25) is 0 Å². The number of carbonyl (C=O) groups is 2. The van der Waals surface area contributed by atoms with Crippen LogP contribution in [0.5, 0.6) is 17.2 Å². The van der Waals surface area contributed by atoms with E-state index in [1.807, 2.05) is 13.8 Å². The SMILES string of the molecule is COC[C@H](C)Oc1cc(Oc2ccc(C(=O)N3CCC3)nc2)cc(C(=O)Nc2cnc(C)cn2)c1. The van der Waals surface area contributed by atoms with Crippen molar-refractivity contribution >= 4 is 17.6 Å². The van der Waals surface area contributed by atoms with Gasteiger partial charge in [-0.25, -0.2) is 9.97 Å². The number of benzene rings is 1. The van der Waals surface area contributed by atoms with Crippen LogP contribution in [-0.2, 0) is 4.74 Å². The van der Waals surface area contributed by atoms with E-state index in [1.165, 1.54) is 12.4 Å². The van der Waals surface area contributed by atoms with E-state index in [2.05, 4.69) is 20.3 Å². The van der Waals surface area contributed by atoms with E-state index in [0.29, 0.717) is 40.9 Å². The lowest BCUT2D eigenvalue weighted by Gasteiger charge is -2.30. The monoisotopic (exact) mass is 477 g/mol. The highest BCUT2D eigenvalue weighted by atomic mass is 16.5. The van der Waals surface area contributed by atoms with Gasteiger partial charge in [-0.1, -0.05) is 0 Å². The number of likely N-dealkylation sites (tertiary alicyclic amines) is 1. The summed E-state index contributed by atoms with van der Waals surface area (Å²) in [4.78, 5) is 39.5. The predicted molar refractivity (Wildman–Crippen MR) is 128 cm³/mol. The Morgan fingerprint density at radius 2 is 1.83 bits per heavy atom. The highest BCUT2D eigenvalue weighted by Gasteiger charge is 2.22. The third-order valence-electron chi connectivity index (χ3n) is 5.24. The molecule has 10 nitrogen and oxygen atoms in total. The van der Waals surface area contributed by atoms with Crippen LogP contribution in [-0.4, -0.2) is 64.6 Å². The van der Waals surface area contributed by atoms with Crippen molar-refractivity contribution < 1.29 is 23.8 Å². The number of aromatic nitrogens is 3. The summed E-state index contributed by atoms with van der Waals surface area (Å²) in [7, 11) is 1.59. The normalized spacial score (nSPS) is 13.5. The van der Waals surface area contributed by atoms with Crippen molar-refractivity contribution in [1.29, 1.82) is 0 Å². The van der Waals surface area contributed by atoms with Gasteiger partial charge >= 0.3 is 0 Å². The summed E-state index contributed by atoms with van der Waals surface area (Å²) in [6.45, 7) is 5.56. The fourth-order valence-corrected chi connectivity index (χ4v) is 3.36. The van der Waals surface area contributed by atoms with Crippen LogP contribution in [0.25, 0.3) is 0 Å². The molecule has 3 heterocycles. The highest BCUT2D eigenvalue weighted by molar-refractivity contribution is 6.04. The molecule has 0 bridgehead atoms. The minimum absolute atomic E-state index is 0.0940. The van der Waals surface area contributed by atoms with Gasteiger partial charge in [-0.15, -0.1) is 0 Å². The fourth-order valence-electron chi connectivity index (χ4n) is 3.36. The molecular weight excluding hydrogens is 450 g/mol. The molecule has 10 heteroatoms. The number of aryl methyl sites for hydroxylation is 1. The van der Waals surface area contributed by atoms with Crippen molar-refractivity contribution in [3.8, 4) is 17.2 Å². The molecule has 182 valence electrons. The molecule has 35 heavy (non-hydrogen) atoms. The molecule has 3 aromatic rings. The first-order chi connectivity index (χ1) is 16.9. The van der Waals surface area contributed by atoms with Crippen LogP contribution in [0.4, 0.5) is 5.82 Å². The molecule has 0 aliphatic carbocycles. The van der Waals surface area contributed by atoms with E-state index >= 15 is 0 Å². The zero-order valence-corrected chi connectivity index (χ0v) is 19.9. The van der Waals surface area contributed by atoms with Crippen molar-refractivity contribution in [2.75, 3.05) is 32.1 Å². The molecule has 0 spiro atoms. The predicted octanol–water partition coefficient (Wildman–Crippen LogP) is 3.48. The van der Waals surface area contributed by atoms with Crippen molar-refractivity contribution in [3.05, 3.63) is 65.9 Å². The largest absolute Gasteiger partial charge is 0.488 e. The first-order valence-electron chi connectivity index (χ1n) is 11.2. The standard InChI is InChI=1S/C25H27N5O5/c1-16-12-28-23(14-26-16)29-24(31)18-9-20(34-17(2)15-33-3)11-21(10-18)35-19-5-6-22(27-13-19)25(32)30-7-4-8-30/h5-6,9-14,17H,4,7-8,15H2,1-3H3,(H,28,29,31)/t17-/m0/s1. The maximum atomic E-state index is 12.9. The van der Waals surface area contributed by atoms with Gasteiger partial charge < -0.3 is 24.4 Å². The van der Waals surface area contributed by atoms with Crippen molar-refractivity contribution in [1.82, 2.24) is 19.9 Å². The molecule has 1 atom stereocenters. The number of hydrogen-bond acceptors (Lipinski definition) is 8. The lowest BCUT2D eigenvalue weighted by Crippen LogP contribution is -2.42. The molecule has 4 rings (SSSR count). The van der Waals surface area contributed by atoms with Gasteiger partial charge in [0.05, 0.1) is 30.9 Å². The Labute approximate surface area is 203 Å². The molecule has 2 amide bonds. The zero-order chi connectivity index (χ0) is 24.8. The summed E-state index contributed by atoms with van der Waals surface area (Å²) in [6, 6.07) is 8.17. The highest BCUT2D eigenvalue weighted by Crippen LogP contribution is 2.29. The van der Waals surface area contributed by atoms with Gasteiger partial charge in [0.25, 0.3) is 11.8 Å². The molecule has 1 N–H and O–H groups in total. The number of methoxy groups -OCH3 is 1. The van der Waals surface area contributed by atoms with Crippen LogP contribution < -0.4 is 14.8 Å². The number of amides is 2. The lowest BCUT2D eigenvalue weighted by atomic mass is 10.2. The van der Waals surface area contributed by atoms with E-state index in [4.69, 9.17) is 14.2 Å². The number of pyridine rings is 1. The maximum Gasteiger partial charge on any atom is 0.272 e. The Kier molecular flexibility index (Phi) is 7.51. The number of anilines is 1. The molecule has 1 fully saturated rings. The van der Waals surface area contributed by atoms with Gasteiger partial charge in [0.15, 0.2) is 5.82 Å². The molecular formula is C25H27N5O5. The number of rotatable bonds is 9. The number of hydrogen-bond donors (Lipinski definition) is 1. The lowest BCUT2D eigenvalue weighted by molar-refractivity contribution is 0.0645. The average Bonchev–Trinajstić information content (AvgIpc) is 2.80. The van der Waals surface area contributed by atoms with Gasteiger partial charge in [-0.3, -0.25) is 14.6 Å². The molecule has 1 aromatic carbocycles. The van der Waals surface area contributed by atoms with Gasteiger partial charge in [-0.05, 0) is 44.5 Å². The van der Waals surface area contributed by atoms with Crippen LogP contribution in [0.1, 0.15) is 39.9 Å². The minimum atomic E-state index is -0.397. The van der Waals surface area contributed by atoms with E-state index in [-0.39, 0.29) is 12.0 Å². The van der Waals surface area contributed by atoms with Gasteiger partial charge in [0.1, 0.15) is 29.0 Å². The van der Waals surface area contributed by atoms with Crippen LogP contribution in [0.3, 0.4) is 0 Å². The maximum absolute atomic E-state index is 12.9. The summed E-state index contributed by atoms with van der Waals surface area (Å²) in [5.74, 6) is 1.06. The van der Waals surface area contributed by atoms with Crippen molar-refractivity contribution in [3.63, 3.8) is 0 Å². The molecule has 1 saturated heterocycles. The Hall–Kier alpha value is -4.05. The number of ether oxygens (including phenoxy) is 3. The molecule has 2 aromatic heterocycles. The minimum Gasteiger partial charge on any atom is -0.488 e. The van der Waals surface area contributed by atoms with E-state index < -0.39 is 5.91 Å². The van der Waals surface area contributed by atoms with Gasteiger partial charge in [-0.2, -0.15) is 0 Å². The second-order valence-corrected chi connectivity index (χ2v) is 8.20. The summed E-state index contributed by atoms with van der Waals surface area (Å²) >= 11 is 0. The smallest absolute Gasteiger partial charge is 0.272 e. The average molecular weight is 478 g/mol. The number of nitrogens with zero attached hydrogens (tertiary/aromatic N) is 4. The van der Waals surface area contributed by atoms with Crippen molar-refractivity contribution in [2.45, 2.75) is 26.4 Å². The summed E-state index contributed by atoms with van der Waals surface area (Å²) in [5.41, 5.74) is 1.41. The molecule has 0 radical (unpaired) electrons. The molecule has 1 aliphatic heterocycles. The molecule has 1 aliphatic rings. The Morgan fingerprint density at radius 1 is 1.03 bits per heavy atom. The Bertz CT molecular complexity index is 1180. The topological polar surface area (TPSA) is 116 Å². The summed E-state index contributed by atoms with van der Waals surface area (Å²) in [5, 5.41) is 2.72. The third-order valence-corrected chi connectivity index (χ3v) is 5.24. The second-order valence-electron chi connectivity index (χ2n) is 8.20. The first kappa shape index (κ1) is 24.1.